The molecule has 0 spiro atoms. The topological polar surface area (TPSA) is 35.5 Å². The summed E-state index contributed by atoms with van der Waals surface area (Å²) in [6.07, 6.45) is -6.65. The Hall–Kier alpha value is -0.620. The Kier molecular flexibility index (Phi) is 5.38. The van der Waals surface area contributed by atoms with Crippen LogP contribution in [-0.2, 0) is 14.3 Å². The summed E-state index contributed by atoms with van der Waals surface area (Å²) >= 11 is 7.88. The second-order valence-electron chi connectivity index (χ2n) is 3.27. The van der Waals surface area contributed by atoms with E-state index in [9.17, 15) is 44.3 Å². The molecule has 0 bridgehead atoms. The average Bonchev–Trinajstić information content (AvgIpc) is 2.24. The second kappa shape index (κ2) is 5.54. The predicted octanol–water partition coefficient (Wildman–Crippen LogP) is 3.73. The highest BCUT2D eigenvalue weighted by Crippen LogP contribution is 2.52. The molecule has 0 aromatic carbocycles. The molecule has 3 nitrogen and oxygen atoms in total. The third kappa shape index (κ3) is 3.59. The van der Waals surface area contributed by atoms with E-state index in [1.165, 1.54) is 0 Å². The monoisotopic (exact) mass is 376 g/mol. The van der Waals surface area contributed by atoms with Gasteiger partial charge in [0.05, 0.1) is 7.11 Å². The Bertz CT molecular complexity index is 407. The van der Waals surface area contributed by atoms with Gasteiger partial charge in [0.1, 0.15) is 0 Å². The molecule has 0 amide bonds. The number of hydrogen-bond donors (Lipinski definition) is 0. The summed E-state index contributed by atoms with van der Waals surface area (Å²) in [6.45, 7) is 0. The maximum atomic E-state index is 12.9. The van der Waals surface area contributed by atoms with Gasteiger partial charge in [0.2, 0.25) is 0 Å². The normalized spacial score (nSPS) is 17.3. The third-order valence-electron chi connectivity index (χ3n) is 1.79. The minimum atomic E-state index is -6.79. The number of carbonyl (C=O) groups excluding carboxylic acids is 1. The molecule has 0 N–H and O–H groups in total. The molecule has 0 aliphatic carbocycles. The fraction of sp³-hybridized carbons (Fsp3) is 0.857. The average molecular weight is 377 g/mol. The molecule has 0 fully saturated rings. The number of ether oxygens (including phenoxy) is 2. The van der Waals surface area contributed by atoms with Crippen LogP contribution in [0.5, 0.6) is 0 Å². The van der Waals surface area contributed by atoms with Crippen molar-refractivity contribution in [1.29, 1.82) is 0 Å². The molecule has 0 aromatic rings. The molecule has 0 saturated heterocycles. The van der Waals surface area contributed by atoms with Crippen LogP contribution in [0.4, 0.5) is 39.5 Å². The van der Waals surface area contributed by atoms with Crippen LogP contribution in [0.2, 0.25) is 0 Å². The van der Waals surface area contributed by atoms with E-state index in [4.69, 9.17) is 0 Å². The quantitative estimate of drug-likeness (QED) is 0.402. The fourth-order valence-electron chi connectivity index (χ4n) is 0.722. The summed E-state index contributed by atoms with van der Waals surface area (Å²) in [4.78, 5) is 10.3. The van der Waals surface area contributed by atoms with Crippen molar-refractivity contribution >= 4 is 29.2 Å². The first-order valence-corrected chi connectivity index (χ1v) is 5.06. The molecule has 0 aliphatic rings. The van der Waals surface area contributed by atoms with Crippen LogP contribution in [0, 0.1) is 0 Å². The van der Waals surface area contributed by atoms with E-state index in [1.54, 1.807) is 0 Å². The number of carbonyl (C=O) groups is 1. The molecular weight excluding hydrogens is 374 g/mol. The molecule has 0 aromatic heterocycles. The summed E-state index contributed by atoms with van der Waals surface area (Å²) in [5.74, 6) is -16.2. The Morgan fingerprint density at radius 1 is 0.905 bits per heavy atom. The molecule has 14 heteroatoms. The lowest BCUT2D eigenvalue weighted by Crippen LogP contribution is -2.61. The molecule has 0 radical (unpaired) electrons. The minimum Gasteiger partial charge on any atom is -0.464 e. The highest BCUT2D eigenvalue weighted by Gasteiger charge is 2.79. The molecule has 0 saturated carbocycles. The van der Waals surface area contributed by atoms with Crippen molar-refractivity contribution in [2.75, 3.05) is 7.11 Å². The zero-order chi connectivity index (χ0) is 17.5. The maximum absolute atomic E-state index is 12.9. The van der Waals surface area contributed by atoms with E-state index in [-0.39, 0.29) is 7.11 Å². The van der Waals surface area contributed by atoms with Crippen LogP contribution < -0.4 is 0 Å². The third-order valence-corrected chi connectivity index (χ3v) is 2.44. The van der Waals surface area contributed by atoms with Gasteiger partial charge >= 0.3 is 34.6 Å². The lowest BCUT2D eigenvalue weighted by atomic mass is 10.1. The van der Waals surface area contributed by atoms with E-state index in [0.717, 1.165) is 0 Å². The lowest BCUT2D eigenvalue weighted by Gasteiger charge is -2.34. The van der Waals surface area contributed by atoms with Gasteiger partial charge in [-0.1, -0.05) is 0 Å². The Morgan fingerprint density at radius 2 is 1.29 bits per heavy atom. The van der Waals surface area contributed by atoms with Crippen molar-refractivity contribution in [3.8, 4) is 0 Å². The number of hydrogen-bond acceptors (Lipinski definition) is 3. The van der Waals surface area contributed by atoms with E-state index < -0.39 is 34.6 Å². The van der Waals surface area contributed by atoms with E-state index in [1.807, 2.05) is 0 Å². The largest absolute Gasteiger partial charge is 0.464 e. The summed E-state index contributed by atoms with van der Waals surface area (Å²) in [5.41, 5.74) is 0. The van der Waals surface area contributed by atoms with Crippen molar-refractivity contribution in [3.05, 3.63) is 0 Å². The molecule has 126 valence electrons. The second-order valence-corrected chi connectivity index (χ2v) is 4.23. The predicted molar refractivity (Wildman–Crippen MR) is 48.4 cm³/mol. The van der Waals surface area contributed by atoms with Crippen molar-refractivity contribution < 1.29 is 53.8 Å². The number of rotatable bonds is 6. The van der Waals surface area contributed by atoms with Crippen molar-refractivity contribution in [2.45, 2.75) is 28.6 Å². The Balaban J connectivity index is 5.65. The lowest BCUT2D eigenvalue weighted by molar-refractivity contribution is -0.431. The molecule has 0 rings (SSSR count). The van der Waals surface area contributed by atoms with Crippen LogP contribution in [0.25, 0.3) is 0 Å². The van der Waals surface area contributed by atoms with Crippen molar-refractivity contribution in [2.24, 2.45) is 0 Å². The zero-order valence-electron chi connectivity index (χ0n) is 9.38. The highest BCUT2D eigenvalue weighted by atomic mass is 35.5. The molecule has 1 atom stereocenters. The van der Waals surface area contributed by atoms with Gasteiger partial charge in [-0.15, -0.1) is 0 Å². The number of esters is 1. The van der Waals surface area contributed by atoms with Gasteiger partial charge in [-0.05, 0) is 23.2 Å². The summed E-state index contributed by atoms with van der Waals surface area (Å²) < 4.78 is 120. The summed E-state index contributed by atoms with van der Waals surface area (Å²) in [5, 5.41) is -11.0. The van der Waals surface area contributed by atoms with Crippen LogP contribution in [0.3, 0.4) is 0 Å². The van der Waals surface area contributed by atoms with Crippen LogP contribution in [0.1, 0.15) is 0 Å². The Morgan fingerprint density at radius 3 is 1.57 bits per heavy atom. The summed E-state index contributed by atoms with van der Waals surface area (Å²) in [6, 6.07) is 0. The van der Waals surface area contributed by atoms with Crippen LogP contribution in [0.15, 0.2) is 0 Å². The molecule has 21 heavy (non-hydrogen) atoms. The molecule has 0 aliphatic heterocycles. The SMILES string of the molecule is COC(=O)C(F)(F)C(F)(F)C(F)(F)OC(F)(Cl)C(F)(F)Cl. The van der Waals surface area contributed by atoms with Gasteiger partial charge in [0.25, 0.3) is 0 Å². The maximum Gasteiger partial charge on any atom is 0.430 e. The van der Waals surface area contributed by atoms with Gasteiger partial charge in [0, 0.05) is 0 Å². The first-order chi connectivity index (χ1) is 8.94. The molecular formula is C7H3Cl2F9O3. The first kappa shape index (κ1) is 20.4. The Labute approximate surface area is 119 Å². The van der Waals surface area contributed by atoms with Gasteiger partial charge in [-0.3, -0.25) is 4.74 Å². The highest BCUT2D eigenvalue weighted by molar-refractivity contribution is 6.31. The summed E-state index contributed by atoms with van der Waals surface area (Å²) in [7, 11) is 0.138. The zero-order valence-corrected chi connectivity index (χ0v) is 10.9. The van der Waals surface area contributed by atoms with Crippen molar-refractivity contribution in [3.63, 3.8) is 0 Å². The van der Waals surface area contributed by atoms with Crippen LogP contribution >= 0.6 is 23.2 Å². The first-order valence-electron chi connectivity index (χ1n) is 4.30. The van der Waals surface area contributed by atoms with Gasteiger partial charge < -0.3 is 4.74 Å². The van der Waals surface area contributed by atoms with Crippen molar-refractivity contribution in [1.82, 2.24) is 0 Å². The minimum absolute atomic E-state index is 0.138. The molecule has 1 unspecified atom stereocenters. The number of methoxy groups -OCH3 is 1. The number of alkyl halides is 11. The standard InChI is InChI=1S/C7H3Cl2F9O3/c1-20-2(19)3(10,11)4(12,13)7(17,18)21-6(9,16)5(8,14)15/h1H3. The van der Waals surface area contributed by atoms with Gasteiger partial charge in [0.15, 0.2) is 0 Å². The van der Waals surface area contributed by atoms with Crippen LogP contribution in [-0.4, -0.2) is 41.7 Å². The van der Waals surface area contributed by atoms with Gasteiger partial charge in [-0.25, -0.2) is 4.79 Å². The fourth-order valence-corrected chi connectivity index (χ4v) is 0.858. The van der Waals surface area contributed by atoms with E-state index in [0.29, 0.717) is 0 Å². The van der Waals surface area contributed by atoms with Gasteiger partial charge in [-0.2, -0.15) is 39.5 Å². The number of halogens is 11. The smallest absolute Gasteiger partial charge is 0.430 e. The van der Waals surface area contributed by atoms with E-state index in [2.05, 4.69) is 32.7 Å². The molecule has 0 heterocycles. The van der Waals surface area contributed by atoms with E-state index >= 15 is 0 Å².